The van der Waals surface area contributed by atoms with Gasteiger partial charge in [0.05, 0.1) is 5.41 Å². The van der Waals surface area contributed by atoms with Gasteiger partial charge in [0.25, 0.3) is 0 Å². The zero-order valence-electron chi connectivity index (χ0n) is 14.1. The van der Waals surface area contributed by atoms with Crippen LogP contribution in [0.5, 0.6) is 0 Å². The van der Waals surface area contributed by atoms with Crippen LogP contribution in [0.1, 0.15) is 33.1 Å². The van der Waals surface area contributed by atoms with Crippen molar-refractivity contribution < 1.29 is 9.18 Å². The van der Waals surface area contributed by atoms with Crippen LogP contribution in [0, 0.1) is 17.2 Å². The van der Waals surface area contributed by atoms with Crippen molar-refractivity contribution in [1.29, 1.82) is 0 Å². The van der Waals surface area contributed by atoms with E-state index in [0.717, 1.165) is 38.0 Å². The number of nitrogens with two attached hydrogens (primary N) is 1. The van der Waals surface area contributed by atoms with Crippen LogP contribution in [0.4, 0.5) is 10.1 Å². The summed E-state index contributed by atoms with van der Waals surface area (Å²) in [6.07, 6.45) is 2.56. The Kier molecular flexibility index (Phi) is 5.99. The molecule has 0 aromatic heterocycles. The third-order valence-electron chi connectivity index (χ3n) is 5.25. The van der Waals surface area contributed by atoms with Gasteiger partial charge in [0.1, 0.15) is 5.82 Å². The van der Waals surface area contributed by atoms with Crippen molar-refractivity contribution in [1.82, 2.24) is 5.32 Å². The van der Waals surface area contributed by atoms with E-state index in [1.165, 1.54) is 12.1 Å². The van der Waals surface area contributed by atoms with Gasteiger partial charge in [0, 0.05) is 31.9 Å². The average Bonchev–Trinajstić information content (AvgIpc) is 3.04. The van der Waals surface area contributed by atoms with Crippen molar-refractivity contribution in [3.8, 4) is 0 Å². The third kappa shape index (κ3) is 4.02. The topological polar surface area (TPSA) is 58.4 Å². The second-order valence-corrected chi connectivity index (χ2v) is 6.48. The molecule has 1 aromatic rings. The molecule has 1 fully saturated rings. The molecule has 3 N–H and O–H groups in total. The normalized spacial score (nSPS) is 18.3. The van der Waals surface area contributed by atoms with E-state index < -0.39 is 5.41 Å². The number of nitrogens with zero attached hydrogens (tertiary/aromatic N) is 1. The van der Waals surface area contributed by atoms with E-state index in [9.17, 15) is 9.18 Å². The standard InChI is InChI=1S/C18H28FN3O/c1-3-18(4-2,13-20)17(23)21-11-14-9-10-22(12-14)16-7-5-15(19)6-8-16/h5-8,14H,3-4,9-13,20H2,1-2H3,(H,21,23). The van der Waals surface area contributed by atoms with Gasteiger partial charge in [0.15, 0.2) is 0 Å². The van der Waals surface area contributed by atoms with Crippen molar-refractivity contribution in [2.75, 3.05) is 31.1 Å². The van der Waals surface area contributed by atoms with Gasteiger partial charge in [-0.15, -0.1) is 0 Å². The molecule has 4 nitrogen and oxygen atoms in total. The lowest BCUT2D eigenvalue weighted by atomic mass is 9.81. The lowest BCUT2D eigenvalue weighted by molar-refractivity contribution is -0.131. The highest BCUT2D eigenvalue weighted by molar-refractivity contribution is 5.82. The van der Waals surface area contributed by atoms with Crippen molar-refractivity contribution in [2.45, 2.75) is 33.1 Å². The molecule has 2 rings (SSSR count). The van der Waals surface area contributed by atoms with Crippen LogP contribution in [-0.4, -0.2) is 32.1 Å². The molecule has 128 valence electrons. The van der Waals surface area contributed by atoms with Crippen LogP contribution in [0.15, 0.2) is 24.3 Å². The van der Waals surface area contributed by atoms with Crippen molar-refractivity contribution in [2.24, 2.45) is 17.1 Å². The van der Waals surface area contributed by atoms with Gasteiger partial charge in [0.2, 0.25) is 5.91 Å². The van der Waals surface area contributed by atoms with E-state index in [1.807, 2.05) is 26.0 Å². The number of hydrogen-bond donors (Lipinski definition) is 2. The van der Waals surface area contributed by atoms with E-state index in [-0.39, 0.29) is 11.7 Å². The molecule has 1 atom stereocenters. The van der Waals surface area contributed by atoms with E-state index in [1.54, 1.807) is 0 Å². The van der Waals surface area contributed by atoms with Crippen LogP contribution >= 0.6 is 0 Å². The number of carbonyl (C=O) groups is 1. The fraction of sp³-hybridized carbons (Fsp3) is 0.611. The predicted octanol–water partition coefficient (Wildman–Crippen LogP) is 2.53. The van der Waals surface area contributed by atoms with E-state index in [4.69, 9.17) is 5.73 Å². The smallest absolute Gasteiger partial charge is 0.227 e. The number of nitrogens with one attached hydrogen (secondary N) is 1. The number of rotatable bonds is 7. The molecule has 0 aliphatic carbocycles. The summed E-state index contributed by atoms with van der Waals surface area (Å²) in [6, 6.07) is 6.60. The van der Waals surface area contributed by atoms with Gasteiger partial charge in [-0.05, 0) is 49.4 Å². The maximum Gasteiger partial charge on any atom is 0.227 e. The molecule has 0 radical (unpaired) electrons. The molecule has 1 aromatic carbocycles. The largest absolute Gasteiger partial charge is 0.371 e. The zero-order chi connectivity index (χ0) is 16.9. The number of amides is 1. The lowest BCUT2D eigenvalue weighted by Crippen LogP contribution is -2.46. The van der Waals surface area contributed by atoms with Gasteiger partial charge >= 0.3 is 0 Å². The highest BCUT2D eigenvalue weighted by atomic mass is 19.1. The summed E-state index contributed by atoms with van der Waals surface area (Å²) in [7, 11) is 0. The summed E-state index contributed by atoms with van der Waals surface area (Å²) in [5, 5.41) is 3.09. The molecule has 1 saturated heterocycles. The molecule has 1 amide bonds. The van der Waals surface area contributed by atoms with Gasteiger partial charge in [-0.2, -0.15) is 0 Å². The molecule has 0 saturated carbocycles. The summed E-state index contributed by atoms with van der Waals surface area (Å²) in [4.78, 5) is 14.7. The molecule has 1 aliphatic heterocycles. The quantitative estimate of drug-likeness (QED) is 0.811. The van der Waals surface area contributed by atoms with Crippen LogP contribution in [0.3, 0.4) is 0 Å². The Morgan fingerprint density at radius 2 is 2.00 bits per heavy atom. The van der Waals surface area contributed by atoms with Gasteiger partial charge in [-0.3, -0.25) is 4.79 Å². The third-order valence-corrected chi connectivity index (χ3v) is 5.25. The molecule has 5 heteroatoms. The Hall–Kier alpha value is -1.62. The van der Waals surface area contributed by atoms with Crippen LogP contribution in [0.2, 0.25) is 0 Å². The Labute approximate surface area is 138 Å². The monoisotopic (exact) mass is 321 g/mol. The van der Waals surface area contributed by atoms with Gasteiger partial charge in [-0.1, -0.05) is 13.8 Å². The summed E-state index contributed by atoms with van der Waals surface area (Å²) < 4.78 is 13.0. The number of carbonyl (C=O) groups excluding carboxylic acids is 1. The van der Waals surface area contributed by atoms with E-state index >= 15 is 0 Å². The molecule has 0 spiro atoms. The number of halogens is 1. The van der Waals surface area contributed by atoms with Crippen LogP contribution < -0.4 is 16.0 Å². The molecule has 1 aliphatic rings. The molecule has 1 unspecified atom stereocenters. The summed E-state index contributed by atoms with van der Waals surface area (Å²) in [5.74, 6) is 0.285. The Morgan fingerprint density at radius 1 is 1.35 bits per heavy atom. The van der Waals surface area contributed by atoms with Crippen LogP contribution in [0.25, 0.3) is 0 Å². The first-order valence-electron chi connectivity index (χ1n) is 8.53. The Bertz CT molecular complexity index is 505. The number of anilines is 1. The van der Waals surface area contributed by atoms with Crippen molar-refractivity contribution in [3.05, 3.63) is 30.1 Å². The SMILES string of the molecule is CCC(CC)(CN)C(=O)NCC1CCN(c2ccc(F)cc2)C1. The van der Waals surface area contributed by atoms with Gasteiger partial charge < -0.3 is 16.0 Å². The number of benzene rings is 1. The maximum absolute atomic E-state index is 13.0. The lowest BCUT2D eigenvalue weighted by Gasteiger charge is -2.29. The first kappa shape index (κ1) is 17.7. The van der Waals surface area contributed by atoms with Gasteiger partial charge in [-0.25, -0.2) is 4.39 Å². The van der Waals surface area contributed by atoms with E-state index in [2.05, 4.69) is 10.2 Å². The predicted molar refractivity (Wildman–Crippen MR) is 91.8 cm³/mol. The summed E-state index contributed by atoms with van der Waals surface area (Å²) in [6.45, 7) is 6.93. The molecular formula is C18H28FN3O. The van der Waals surface area contributed by atoms with Crippen molar-refractivity contribution in [3.63, 3.8) is 0 Å². The van der Waals surface area contributed by atoms with E-state index in [0.29, 0.717) is 19.0 Å². The fourth-order valence-electron chi connectivity index (χ4n) is 3.26. The second-order valence-electron chi connectivity index (χ2n) is 6.48. The summed E-state index contributed by atoms with van der Waals surface area (Å²) in [5.41, 5.74) is 6.43. The molecule has 1 heterocycles. The first-order chi connectivity index (χ1) is 11.0. The summed E-state index contributed by atoms with van der Waals surface area (Å²) >= 11 is 0. The molecular weight excluding hydrogens is 293 g/mol. The second kappa shape index (κ2) is 7.77. The Balaban J connectivity index is 1.86. The fourth-order valence-corrected chi connectivity index (χ4v) is 3.26. The minimum atomic E-state index is -0.435. The molecule has 23 heavy (non-hydrogen) atoms. The highest BCUT2D eigenvalue weighted by Crippen LogP contribution is 2.26. The zero-order valence-corrected chi connectivity index (χ0v) is 14.1. The van der Waals surface area contributed by atoms with Crippen LogP contribution in [-0.2, 0) is 4.79 Å². The minimum absolute atomic E-state index is 0.0743. The minimum Gasteiger partial charge on any atom is -0.371 e. The maximum atomic E-state index is 13.0. The average molecular weight is 321 g/mol. The molecule has 0 bridgehead atoms. The number of hydrogen-bond acceptors (Lipinski definition) is 3. The first-order valence-corrected chi connectivity index (χ1v) is 8.53. The highest BCUT2D eigenvalue weighted by Gasteiger charge is 2.34. The van der Waals surface area contributed by atoms with Crippen molar-refractivity contribution >= 4 is 11.6 Å². The Morgan fingerprint density at radius 3 is 2.57 bits per heavy atom.